The number of nitrogens with one attached hydrogen (secondary N) is 1. The minimum Gasteiger partial charge on any atom is -0.313 e. The van der Waals surface area contributed by atoms with Crippen molar-refractivity contribution in [3.05, 3.63) is 46.5 Å². The lowest BCUT2D eigenvalue weighted by Crippen LogP contribution is -2.17. The fourth-order valence-corrected chi connectivity index (χ4v) is 2.70. The summed E-state index contributed by atoms with van der Waals surface area (Å²) in [6, 6.07) is 5.09. The van der Waals surface area contributed by atoms with Crippen molar-refractivity contribution in [3.8, 4) is 5.69 Å². The summed E-state index contributed by atoms with van der Waals surface area (Å²) in [5.41, 5.74) is 4.80. The van der Waals surface area contributed by atoms with Gasteiger partial charge in [0, 0.05) is 17.3 Å². The summed E-state index contributed by atoms with van der Waals surface area (Å²) in [4.78, 5) is 0. The molecule has 0 aliphatic rings. The third-order valence-electron chi connectivity index (χ3n) is 3.92. The van der Waals surface area contributed by atoms with E-state index < -0.39 is 0 Å². The number of hydrogen-bond acceptors (Lipinski definition) is 2. The molecule has 2 rings (SSSR count). The van der Waals surface area contributed by atoms with E-state index in [0.29, 0.717) is 5.56 Å². The third kappa shape index (κ3) is 2.36. The van der Waals surface area contributed by atoms with Crippen LogP contribution in [-0.4, -0.2) is 16.8 Å². The van der Waals surface area contributed by atoms with Crippen LogP contribution in [0.1, 0.15) is 42.4 Å². The maximum Gasteiger partial charge on any atom is 0.130 e. The average Bonchev–Trinajstić information content (AvgIpc) is 2.72. The number of nitrogens with zero attached hydrogens (tertiary/aromatic N) is 2. The topological polar surface area (TPSA) is 29.9 Å². The Hall–Kier alpha value is -1.68. The summed E-state index contributed by atoms with van der Waals surface area (Å²) in [5, 5.41) is 7.70. The predicted octanol–water partition coefficient (Wildman–Crippen LogP) is 3.47. The highest BCUT2D eigenvalue weighted by atomic mass is 19.1. The molecule has 0 aliphatic carbocycles. The Morgan fingerprint density at radius 2 is 2.05 bits per heavy atom. The minimum absolute atomic E-state index is 0.0693. The molecule has 0 radical (unpaired) electrons. The standard InChI is InChI=1S/C16H22FN3/c1-6-13-10(2)19-20(12(13)4)15-9-7-8-14(17)16(15)11(3)18-5/h7-9,11,18H,6H2,1-5H3. The molecule has 0 spiro atoms. The van der Waals surface area contributed by atoms with Gasteiger partial charge in [0.15, 0.2) is 0 Å². The van der Waals surface area contributed by atoms with Crippen molar-refractivity contribution in [1.82, 2.24) is 15.1 Å². The molecule has 3 nitrogen and oxygen atoms in total. The summed E-state index contributed by atoms with van der Waals surface area (Å²) in [6.45, 7) is 8.11. The van der Waals surface area contributed by atoms with Crippen LogP contribution in [0.25, 0.3) is 5.69 Å². The Morgan fingerprint density at radius 3 is 2.60 bits per heavy atom. The second-order valence-electron chi connectivity index (χ2n) is 5.10. The summed E-state index contributed by atoms with van der Waals surface area (Å²) < 4.78 is 16.1. The highest BCUT2D eigenvalue weighted by molar-refractivity contribution is 5.46. The number of halogens is 1. The maximum absolute atomic E-state index is 14.2. The molecule has 1 aromatic carbocycles. The third-order valence-corrected chi connectivity index (χ3v) is 3.92. The van der Waals surface area contributed by atoms with E-state index in [2.05, 4.69) is 17.3 Å². The van der Waals surface area contributed by atoms with Gasteiger partial charge in [0.1, 0.15) is 5.82 Å². The van der Waals surface area contributed by atoms with Crippen LogP contribution in [0.5, 0.6) is 0 Å². The van der Waals surface area contributed by atoms with Crippen molar-refractivity contribution in [1.29, 1.82) is 0 Å². The van der Waals surface area contributed by atoms with Gasteiger partial charge in [-0.2, -0.15) is 5.10 Å². The first-order valence-electron chi connectivity index (χ1n) is 7.02. The maximum atomic E-state index is 14.2. The van der Waals surface area contributed by atoms with E-state index >= 15 is 0 Å². The molecular weight excluding hydrogens is 253 g/mol. The van der Waals surface area contributed by atoms with Gasteiger partial charge in [-0.25, -0.2) is 9.07 Å². The molecule has 1 aromatic heterocycles. The molecule has 0 saturated carbocycles. The lowest BCUT2D eigenvalue weighted by atomic mass is 10.0. The van der Waals surface area contributed by atoms with Crippen LogP contribution >= 0.6 is 0 Å². The minimum atomic E-state index is -0.199. The van der Waals surface area contributed by atoms with Gasteiger partial charge in [-0.1, -0.05) is 13.0 Å². The zero-order valence-corrected chi connectivity index (χ0v) is 12.8. The van der Waals surface area contributed by atoms with E-state index in [-0.39, 0.29) is 11.9 Å². The first kappa shape index (κ1) is 14.7. The van der Waals surface area contributed by atoms with Gasteiger partial charge in [0.25, 0.3) is 0 Å². The summed E-state index contributed by atoms with van der Waals surface area (Å²) >= 11 is 0. The largest absolute Gasteiger partial charge is 0.313 e. The first-order valence-corrected chi connectivity index (χ1v) is 7.02. The van der Waals surface area contributed by atoms with Crippen LogP contribution in [0.3, 0.4) is 0 Å². The van der Waals surface area contributed by atoms with Crippen molar-refractivity contribution in [2.75, 3.05) is 7.05 Å². The lowest BCUT2D eigenvalue weighted by Gasteiger charge is -2.17. The zero-order valence-electron chi connectivity index (χ0n) is 12.8. The second kappa shape index (κ2) is 5.75. The lowest BCUT2D eigenvalue weighted by molar-refractivity contribution is 0.556. The molecule has 1 heterocycles. The number of aryl methyl sites for hydroxylation is 1. The molecule has 4 heteroatoms. The van der Waals surface area contributed by atoms with E-state index in [1.807, 2.05) is 38.6 Å². The van der Waals surface area contributed by atoms with Gasteiger partial charge in [0.2, 0.25) is 0 Å². The van der Waals surface area contributed by atoms with Crippen LogP contribution in [0.2, 0.25) is 0 Å². The van der Waals surface area contributed by atoms with E-state index in [4.69, 9.17) is 0 Å². The molecule has 0 fully saturated rings. The van der Waals surface area contributed by atoms with Crippen molar-refractivity contribution in [3.63, 3.8) is 0 Å². The van der Waals surface area contributed by atoms with E-state index in [0.717, 1.165) is 23.5 Å². The molecule has 1 N–H and O–H groups in total. The van der Waals surface area contributed by atoms with Crippen molar-refractivity contribution in [2.24, 2.45) is 0 Å². The van der Waals surface area contributed by atoms with Crippen molar-refractivity contribution in [2.45, 2.75) is 40.2 Å². The highest BCUT2D eigenvalue weighted by Gasteiger charge is 2.19. The molecule has 0 aliphatic heterocycles. The molecule has 20 heavy (non-hydrogen) atoms. The fraction of sp³-hybridized carbons (Fsp3) is 0.438. The smallest absolute Gasteiger partial charge is 0.130 e. The van der Waals surface area contributed by atoms with Gasteiger partial charge in [0.05, 0.1) is 11.4 Å². The molecule has 108 valence electrons. The zero-order chi connectivity index (χ0) is 14.9. The van der Waals surface area contributed by atoms with Crippen LogP contribution in [0, 0.1) is 19.7 Å². The Morgan fingerprint density at radius 1 is 1.35 bits per heavy atom. The van der Waals surface area contributed by atoms with Crippen LogP contribution < -0.4 is 5.32 Å². The molecule has 1 atom stereocenters. The van der Waals surface area contributed by atoms with E-state index in [1.165, 1.54) is 11.6 Å². The van der Waals surface area contributed by atoms with E-state index in [1.54, 1.807) is 6.07 Å². The van der Waals surface area contributed by atoms with Gasteiger partial charge in [-0.3, -0.25) is 0 Å². The van der Waals surface area contributed by atoms with Gasteiger partial charge < -0.3 is 5.32 Å². The summed E-state index contributed by atoms with van der Waals surface area (Å²) in [5.74, 6) is -0.199. The van der Waals surface area contributed by atoms with Crippen molar-refractivity contribution >= 4 is 0 Å². The van der Waals surface area contributed by atoms with Crippen molar-refractivity contribution < 1.29 is 4.39 Å². The Balaban J connectivity index is 2.67. The number of rotatable bonds is 4. The van der Waals surface area contributed by atoms with Crippen LogP contribution in [0.15, 0.2) is 18.2 Å². The Labute approximate surface area is 119 Å². The second-order valence-corrected chi connectivity index (χ2v) is 5.10. The molecule has 1 unspecified atom stereocenters. The number of hydrogen-bond donors (Lipinski definition) is 1. The molecular formula is C16H22FN3. The normalized spacial score (nSPS) is 12.7. The monoisotopic (exact) mass is 275 g/mol. The fourth-order valence-electron chi connectivity index (χ4n) is 2.70. The predicted molar refractivity (Wildman–Crippen MR) is 79.8 cm³/mol. The Kier molecular flexibility index (Phi) is 4.23. The number of benzene rings is 1. The van der Waals surface area contributed by atoms with Crippen LogP contribution in [-0.2, 0) is 6.42 Å². The number of aromatic nitrogens is 2. The average molecular weight is 275 g/mol. The molecule has 0 amide bonds. The van der Waals surface area contributed by atoms with Gasteiger partial charge in [-0.15, -0.1) is 0 Å². The van der Waals surface area contributed by atoms with Gasteiger partial charge in [-0.05, 0) is 51.9 Å². The van der Waals surface area contributed by atoms with Gasteiger partial charge >= 0.3 is 0 Å². The molecule has 0 bridgehead atoms. The Bertz CT molecular complexity index is 616. The first-order chi connectivity index (χ1) is 9.51. The van der Waals surface area contributed by atoms with E-state index in [9.17, 15) is 4.39 Å². The molecule has 0 saturated heterocycles. The summed E-state index contributed by atoms with van der Waals surface area (Å²) in [7, 11) is 1.83. The SMILES string of the molecule is CCc1c(C)nn(-c2cccc(F)c2C(C)NC)c1C. The summed E-state index contributed by atoms with van der Waals surface area (Å²) in [6.07, 6.45) is 0.934. The van der Waals surface area contributed by atoms with Crippen LogP contribution in [0.4, 0.5) is 4.39 Å². The quantitative estimate of drug-likeness (QED) is 0.926. The molecule has 2 aromatic rings. The highest BCUT2D eigenvalue weighted by Crippen LogP contribution is 2.27.